The number of hydrogen-bond acceptors (Lipinski definition) is 4. The summed E-state index contributed by atoms with van der Waals surface area (Å²) in [4.78, 5) is 18.9. The summed E-state index contributed by atoms with van der Waals surface area (Å²) in [7, 11) is 5.71. The summed E-state index contributed by atoms with van der Waals surface area (Å²) < 4.78 is 5.82. The van der Waals surface area contributed by atoms with Crippen LogP contribution in [-0.4, -0.2) is 49.4 Å². The Morgan fingerprint density at radius 2 is 2.07 bits per heavy atom. The third-order valence-corrected chi connectivity index (χ3v) is 4.03. The Labute approximate surface area is 164 Å². The number of amidine groups is 1. The lowest BCUT2D eigenvalue weighted by Gasteiger charge is -2.23. The van der Waals surface area contributed by atoms with Gasteiger partial charge in [0.2, 0.25) is 6.41 Å². The Morgan fingerprint density at radius 3 is 2.63 bits per heavy atom. The molecule has 5 nitrogen and oxygen atoms in total. The molecule has 0 aromatic rings. The number of allylic oxidation sites excluding steroid dienone is 7. The summed E-state index contributed by atoms with van der Waals surface area (Å²) in [6.07, 6.45) is 13.8. The summed E-state index contributed by atoms with van der Waals surface area (Å²) in [6, 6.07) is 0.353. The number of carbonyl (C=O) groups is 1. The molecule has 0 aromatic heterocycles. The minimum Gasteiger partial charge on any atom is -0.431 e. The van der Waals surface area contributed by atoms with Crippen LogP contribution in [0.15, 0.2) is 64.6 Å². The molecule has 0 unspecified atom stereocenters. The highest BCUT2D eigenvalue weighted by molar-refractivity contribution is 5.84. The van der Waals surface area contributed by atoms with Crippen LogP contribution in [0.1, 0.15) is 40.0 Å². The molecular weight excluding hydrogens is 338 g/mol. The van der Waals surface area contributed by atoms with Gasteiger partial charge < -0.3 is 9.64 Å². The maximum atomic E-state index is 11.1. The van der Waals surface area contributed by atoms with E-state index < -0.39 is 0 Å². The fraction of sp³-hybridized carbons (Fsp3) is 0.455. The molecule has 0 fully saturated rings. The molecule has 1 aliphatic rings. The predicted molar refractivity (Wildman–Crippen MR) is 113 cm³/mol. The van der Waals surface area contributed by atoms with Gasteiger partial charge in [-0.15, -0.1) is 0 Å². The van der Waals surface area contributed by atoms with E-state index in [4.69, 9.17) is 4.74 Å². The third-order valence-electron chi connectivity index (χ3n) is 4.03. The van der Waals surface area contributed by atoms with Gasteiger partial charge in [0.25, 0.3) is 6.02 Å². The van der Waals surface area contributed by atoms with Crippen LogP contribution in [0.4, 0.5) is 0 Å². The van der Waals surface area contributed by atoms with Crippen LogP contribution in [0, 0.1) is 0 Å². The van der Waals surface area contributed by atoms with Gasteiger partial charge in [0.15, 0.2) is 0 Å². The Balaban J connectivity index is 3.05. The van der Waals surface area contributed by atoms with Gasteiger partial charge in [0.05, 0.1) is 0 Å². The van der Waals surface area contributed by atoms with Gasteiger partial charge in [-0.1, -0.05) is 30.4 Å². The van der Waals surface area contributed by atoms with Crippen molar-refractivity contribution in [2.24, 2.45) is 4.99 Å². The van der Waals surface area contributed by atoms with Crippen molar-refractivity contribution in [2.45, 2.75) is 46.1 Å². The van der Waals surface area contributed by atoms with E-state index in [-0.39, 0.29) is 6.04 Å². The van der Waals surface area contributed by atoms with Crippen molar-refractivity contribution >= 4 is 12.4 Å². The number of likely N-dealkylation sites (N-methyl/N-ethyl adjacent to an activating group) is 1. The van der Waals surface area contributed by atoms with Crippen molar-refractivity contribution < 1.29 is 9.53 Å². The number of rotatable bonds is 8. The first-order valence-corrected chi connectivity index (χ1v) is 9.29. The Kier molecular flexibility index (Phi) is 9.34. The molecule has 1 aliphatic carbocycles. The largest absolute Gasteiger partial charge is 0.431 e. The van der Waals surface area contributed by atoms with Crippen molar-refractivity contribution in [2.75, 3.05) is 21.1 Å². The lowest BCUT2D eigenvalue weighted by atomic mass is 9.92. The standard InChI is InChI=1S/C22H33N3O2/c1-8-11-21(24(5)6)20-13-10-9-12-19(20)15-14-18(4)27-22(23-17(2)3)25(7)16-26/h8,10-11,13-14,16-17H,1,9,12,15H2,2-7H3/b18-14+,21-11+,23-22?. The summed E-state index contributed by atoms with van der Waals surface area (Å²) in [5.74, 6) is 0.726. The molecule has 0 spiro atoms. The first kappa shape index (κ1) is 22.5. The SMILES string of the molecule is C=C/C=C(\C1=C(C/C=C(\C)OC(=NC(C)C)N(C)C=O)CCC=C1)N(C)C. The van der Waals surface area contributed by atoms with E-state index >= 15 is 0 Å². The molecule has 0 N–H and O–H groups in total. The quantitative estimate of drug-likeness (QED) is 0.208. The molecule has 0 saturated heterocycles. The first-order chi connectivity index (χ1) is 12.8. The molecule has 1 rings (SSSR count). The maximum absolute atomic E-state index is 11.1. The summed E-state index contributed by atoms with van der Waals surface area (Å²) in [5, 5.41) is 0. The van der Waals surface area contributed by atoms with E-state index in [1.165, 1.54) is 16.0 Å². The van der Waals surface area contributed by atoms with Crippen LogP contribution in [0.25, 0.3) is 0 Å². The number of aliphatic imine (C=N–C) groups is 1. The number of amides is 1. The first-order valence-electron chi connectivity index (χ1n) is 9.29. The van der Waals surface area contributed by atoms with Crippen molar-refractivity contribution in [1.29, 1.82) is 0 Å². The lowest BCUT2D eigenvalue weighted by Crippen LogP contribution is -2.28. The Bertz CT molecular complexity index is 680. The molecule has 0 aliphatic heterocycles. The summed E-state index contributed by atoms with van der Waals surface area (Å²) in [6.45, 7) is 9.61. The topological polar surface area (TPSA) is 45.1 Å². The lowest BCUT2D eigenvalue weighted by molar-refractivity contribution is -0.114. The Morgan fingerprint density at radius 1 is 1.37 bits per heavy atom. The van der Waals surface area contributed by atoms with Gasteiger partial charge in [0, 0.05) is 32.9 Å². The molecule has 148 valence electrons. The van der Waals surface area contributed by atoms with Gasteiger partial charge in [-0.25, -0.2) is 4.99 Å². The molecule has 5 heteroatoms. The number of nitrogens with zero attached hydrogens (tertiary/aromatic N) is 3. The molecular formula is C22H33N3O2. The van der Waals surface area contributed by atoms with E-state index in [2.05, 4.69) is 28.6 Å². The zero-order chi connectivity index (χ0) is 20.4. The zero-order valence-electron chi connectivity index (χ0n) is 17.5. The van der Waals surface area contributed by atoms with Gasteiger partial charge in [-0.2, -0.15) is 0 Å². The minimum absolute atomic E-state index is 0.0414. The monoisotopic (exact) mass is 371 g/mol. The average Bonchev–Trinajstić information content (AvgIpc) is 2.63. The molecule has 0 saturated carbocycles. The van der Waals surface area contributed by atoms with Crippen molar-refractivity contribution in [3.05, 3.63) is 59.6 Å². The van der Waals surface area contributed by atoms with Gasteiger partial charge >= 0.3 is 0 Å². The van der Waals surface area contributed by atoms with Gasteiger partial charge in [0.1, 0.15) is 5.76 Å². The number of hydrogen-bond donors (Lipinski definition) is 0. The highest BCUT2D eigenvalue weighted by Gasteiger charge is 2.14. The van der Waals surface area contributed by atoms with Crippen LogP contribution >= 0.6 is 0 Å². The van der Waals surface area contributed by atoms with Crippen LogP contribution in [0.3, 0.4) is 0 Å². The second-order valence-corrected chi connectivity index (χ2v) is 6.98. The summed E-state index contributed by atoms with van der Waals surface area (Å²) in [5.41, 5.74) is 3.73. The predicted octanol–water partition coefficient (Wildman–Crippen LogP) is 4.43. The molecule has 0 radical (unpaired) electrons. The van der Waals surface area contributed by atoms with Crippen LogP contribution in [-0.2, 0) is 9.53 Å². The average molecular weight is 372 g/mol. The molecule has 0 bridgehead atoms. The van der Waals surface area contributed by atoms with Gasteiger partial charge in [-0.05, 0) is 57.8 Å². The van der Waals surface area contributed by atoms with Crippen molar-refractivity contribution in [3.8, 4) is 0 Å². The van der Waals surface area contributed by atoms with Gasteiger partial charge in [-0.3, -0.25) is 9.69 Å². The Hall–Kier alpha value is -2.56. The summed E-state index contributed by atoms with van der Waals surface area (Å²) >= 11 is 0. The van der Waals surface area contributed by atoms with Crippen molar-refractivity contribution in [3.63, 3.8) is 0 Å². The fourth-order valence-electron chi connectivity index (χ4n) is 2.69. The normalized spacial score (nSPS) is 15.9. The maximum Gasteiger partial charge on any atom is 0.299 e. The highest BCUT2D eigenvalue weighted by atomic mass is 16.5. The van der Waals surface area contributed by atoms with E-state index in [1.54, 1.807) is 7.05 Å². The fourth-order valence-corrected chi connectivity index (χ4v) is 2.69. The number of carbonyl (C=O) groups excluding carboxylic acids is 1. The second kappa shape index (κ2) is 11.2. The van der Waals surface area contributed by atoms with E-state index in [0.29, 0.717) is 12.4 Å². The molecule has 0 atom stereocenters. The van der Waals surface area contributed by atoms with Crippen molar-refractivity contribution in [1.82, 2.24) is 9.80 Å². The van der Waals surface area contributed by atoms with Crippen LogP contribution in [0.2, 0.25) is 0 Å². The van der Waals surface area contributed by atoms with Crippen LogP contribution in [0.5, 0.6) is 0 Å². The smallest absolute Gasteiger partial charge is 0.299 e. The zero-order valence-corrected chi connectivity index (χ0v) is 17.5. The molecule has 0 aromatic carbocycles. The van der Waals surface area contributed by atoms with E-state index in [0.717, 1.165) is 30.7 Å². The molecule has 0 heterocycles. The number of ether oxygens (including phenoxy) is 1. The van der Waals surface area contributed by atoms with E-state index in [9.17, 15) is 4.79 Å². The molecule has 27 heavy (non-hydrogen) atoms. The van der Waals surface area contributed by atoms with Crippen LogP contribution < -0.4 is 0 Å². The van der Waals surface area contributed by atoms with E-state index in [1.807, 2.05) is 53.1 Å². The molecule has 1 amide bonds. The highest BCUT2D eigenvalue weighted by Crippen LogP contribution is 2.29. The third kappa shape index (κ3) is 7.29. The second-order valence-electron chi connectivity index (χ2n) is 6.98. The minimum atomic E-state index is 0.0414.